The van der Waals surface area contributed by atoms with Gasteiger partial charge in [0.25, 0.3) is 5.91 Å². The number of nitrogens with zero attached hydrogens (tertiary/aromatic N) is 3. The molecule has 1 aliphatic heterocycles. The molecule has 1 aliphatic rings. The molecule has 0 saturated carbocycles. The van der Waals surface area contributed by atoms with Crippen LogP contribution in [0.15, 0.2) is 42.6 Å². The molecule has 0 N–H and O–H groups in total. The fourth-order valence-electron chi connectivity index (χ4n) is 3.06. The molecule has 0 unspecified atom stereocenters. The van der Waals surface area contributed by atoms with Gasteiger partial charge in [0.2, 0.25) is 0 Å². The van der Waals surface area contributed by atoms with Crippen molar-refractivity contribution in [1.29, 1.82) is 0 Å². The largest absolute Gasteiger partial charge is 0.375 e. The highest BCUT2D eigenvalue weighted by atomic mass is 19.1. The van der Waals surface area contributed by atoms with Crippen molar-refractivity contribution in [2.24, 2.45) is 0 Å². The number of rotatable bonds is 3. The Kier molecular flexibility index (Phi) is 4.28. The number of pyridine rings is 1. The third kappa shape index (κ3) is 3.04. The molecule has 23 heavy (non-hydrogen) atoms. The summed E-state index contributed by atoms with van der Waals surface area (Å²) in [7, 11) is 3.55. The molecule has 1 saturated heterocycles. The molecule has 0 bridgehead atoms. The lowest BCUT2D eigenvalue weighted by Crippen LogP contribution is -2.31. The average molecular weight is 313 g/mol. The van der Waals surface area contributed by atoms with Gasteiger partial charge in [0.15, 0.2) is 0 Å². The summed E-state index contributed by atoms with van der Waals surface area (Å²) in [6.07, 6.45) is 3.56. The number of benzene rings is 1. The van der Waals surface area contributed by atoms with E-state index in [0.717, 1.165) is 18.5 Å². The van der Waals surface area contributed by atoms with Gasteiger partial charge in [-0.15, -0.1) is 0 Å². The van der Waals surface area contributed by atoms with E-state index in [-0.39, 0.29) is 17.8 Å². The van der Waals surface area contributed by atoms with Crippen molar-refractivity contribution in [3.63, 3.8) is 0 Å². The Morgan fingerprint density at radius 1 is 1.30 bits per heavy atom. The molecule has 1 fully saturated rings. The summed E-state index contributed by atoms with van der Waals surface area (Å²) < 4.78 is 14.1. The molecule has 120 valence electrons. The molecule has 4 nitrogen and oxygen atoms in total. The van der Waals surface area contributed by atoms with Crippen LogP contribution >= 0.6 is 0 Å². The van der Waals surface area contributed by atoms with E-state index in [1.54, 1.807) is 42.2 Å². The molecule has 0 aliphatic carbocycles. The molecule has 5 heteroatoms. The summed E-state index contributed by atoms with van der Waals surface area (Å²) in [5.41, 5.74) is 1.75. The normalized spacial score (nSPS) is 17.3. The first-order valence-electron chi connectivity index (χ1n) is 7.76. The van der Waals surface area contributed by atoms with E-state index in [9.17, 15) is 9.18 Å². The second kappa shape index (κ2) is 6.36. The maximum absolute atomic E-state index is 14.1. The molecule has 1 aromatic heterocycles. The first-order chi connectivity index (χ1) is 11.1. The summed E-state index contributed by atoms with van der Waals surface area (Å²) in [6, 6.07) is 10.4. The third-order valence-corrected chi connectivity index (χ3v) is 4.22. The monoisotopic (exact) mass is 313 g/mol. The summed E-state index contributed by atoms with van der Waals surface area (Å²) in [5.74, 6) is -0.517. The molecule has 2 heterocycles. The van der Waals surface area contributed by atoms with Crippen molar-refractivity contribution in [1.82, 2.24) is 9.88 Å². The Bertz CT molecular complexity index is 703. The lowest BCUT2D eigenvalue weighted by Gasteiger charge is -2.24. The molecule has 2 aromatic rings. The van der Waals surface area contributed by atoms with Crippen LogP contribution in [0.25, 0.3) is 0 Å². The number of anilines is 1. The van der Waals surface area contributed by atoms with Crippen LogP contribution in [0, 0.1) is 5.82 Å². The molecule has 1 aromatic carbocycles. The summed E-state index contributed by atoms with van der Waals surface area (Å²) in [4.78, 5) is 20.6. The molecule has 1 atom stereocenters. The first-order valence-corrected chi connectivity index (χ1v) is 7.76. The van der Waals surface area contributed by atoms with Gasteiger partial charge in [-0.3, -0.25) is 9.78 Å². The highest BCUT2D eigenvalue weighted by molar-refractivity contribution is 5.95. The smallest absolute Gasteiger partial charge is 0.254 e. The lowest BCUT2D eigenvalue weighted by atomic mass is 10.1. The predicted octanol–water partition coefficient (Wildman–Crippen LogP) is 3.26. The fourth-order valence-corrected chi connectivity index (χ4v) is 3.06. The van der Waals surface area contributed by atoms with Gasteiger partial charge in [0.1, 0.15) is 5.82 Å². The van der Waals surface area contributed by atoms with Crippen LogP contribution in [0.5, 0.6) is 0 Å². The van der Waals surface area contributed by atoms with Crippen LogP contribution in [0.1, 0.15) is 34.9 Å². The number of carbonyl (C=O) groups is 1. The number of aromatic nitrogens is 1. The fraction of sp³-hybridized carbons (Fsp3) is 0.333. The molecule has 3 rings (SSSR count). The number of amides is 1. The van der Waals surface area contributed by atoms with E-state index < -0.39 is 0 Å². The van der Waals surface area contributed by atoms with Crippen molar-refractivity contribution in [2.45, 2.75) is 18.9 Å². The van der Waals surface area contributed by atoms with Crippen molar-refractivity contribution in [2.75, 3.05) is 25.5 Å². The van der Waals surface area contributed by atoms with Crippen LogP contribution in [0.3, 0.4) is 0 Å². The maximum atomic E-state index is 14.1. The molecular weight excluding hydrogens is 293 g/mol. The zero-order valence-electron chi connectivity index (χ0n) is 13.4. The van der Waals surface area contributed by atoms with Gasteiger partial charge in [0, 0.05) is 32.4 Å². The van der Waals surface area contributed by atoms with Gasteiger partial charge in [-0.1, -0.05) is 6.07 Å². The van der Waals surface area contributed by atoms with E-state index in [0.29, 0.717) is 17.8 Å². The Balaban J connectivity index is 1.86. The molecular formula is C18H20FN3O. The van der Waals surface area contributed by atoms with E-state index in [1.807, 2.05) is 18.2 Å². The topological polar surface area (TPSA) is 36.4 Å². The number of halogens is 1. The SMILES string of the molecule is CN(C)c1ccc(C(=O)N2CCC[C@H]2c2ccccn2)cc1F. The van der Waals surface area contributed by atoms with Crippen LogP contribution in [0.2, 0.25) is 0 Å². The van der Waals surface area contributed by atoms with Crippen LogP contribution in [-0.2, 0) is 0 Å². The Morgan fingerprint density at radius 3 is 2.78 bits per heavy atom. The number of likely N-dealkylation sites (tertiary alicyclic amines) is 1. The van der Waals surface area contributed by atoms with Gasteiger partial charge in [-0.2, -0.15) is 0 Å². The molecule has 0 spiro atoms. The van der Waals surface area contributed by atoms with Gasteiger partial charge in [-0.05, 0) is 43.2 Å². The van der Waals surface area contributed by atoms with E-state index in [2.05, 4.69) is 4.98 Å². The quantitative estimate of drug-likeness (QED) is 0.872. The Morgan fingerprint density at radius 2 is 2.13 bits per heavy atom. The van der Waals surface area contributed by atoms with Crippen molar-refractivity contribution in [3.05, 3.63) is 59.7 Å². The maximum Gasteiger partial charge on any atom is 0.254 e. The summed E-state index contributed by atoms with van der Waals surface area (Å²) in [5, 5.41) is 0. The Labute approximate surface area is 135 Å². The number of hydrogen-bond acceptors (Lipinski definition) is 3. The highest BCUT2D eigenvalue weighted by Crippen LogP contribution is 2.32. The lowest BCUT2D eigenvalue weighted by molar-refractivity contribution is 0.0732. The third-order valence-electron chi connectivity index (χ3n) is 4.22. The van der Waals surface area contributed by atoms with E-state index >= 15 is 0 Å². The number of hydrogen-bond donors (Lipinski definition) is 0. The van der Waals surface area contributed by atoms with Crippen LogP contribution < -0.4 is 4.90 Å². The van der Waals surface area contributed by atoms with Crippen LogP contribution in [0.4, 0.5) is 10.1 Å². The van der Waals surface area contributed by atoms with Gasteiger partial charge < -0.3 is 9.80 Å². The summed E-state index contributed by atoms with van der Waals surface area (Å²) >= 11 is 0. The predicted molar refractivity (Wildman–Crippen MR) is 88.0 cm³/mol. The minimum Gasteiger partial charge on any atom is -0.375 e. The van der Waals surface area contributed by atoms with Crippen LogP contribution in [-0.4, -0.2) is 36.4 Å². The average Bonchev–Trinajstić information content (AvgIpc) is 3.04. The standard InChI is InChI=1S/C18H20FN3O/c1-21(2)16-9-8-13(12-14(16)19)18(23)22-11-5-7-17(22)15-6-3-4-10-20-15/h3-4,6,8-10,12,17H,5,7,11H2,1-2H3/t17-/m0/s1. The van der Waals surface area contributed by atoms with Crippen molar-refractivity contribution in [3.8, 4) is 0 Å². The minimum absolute atomic E-state index is 0.0275. The Hall–Kier alpha value is -2.43. The zero-order chi connectivity index (χ0) is 16.4. The molecule has 1 amide bonds. The minimum atomic E-state index is -0.380. The van der Waals surface area contributed by atoms with Gasteiger partial charge in [0.05, 0.1) is 17.4 Å². The van der Waals surface area contributed by atoms with Gasteiger partial charge in [-0.25, -0.2) is 4.39 Å². The van der Waals surface area contributed by atoms with Crippen molar-refractivity contribution >= 4 is 11.6 Å². The van der Waals surface area contributed by atoms with Gasteiger partial charge >= 0.3 is 0 Å². The van der Waals surface area contributed by atoms with E-state index in [1.165, 1.54) is 6.07 Å². The van der Waals surface area contributed by atoms with Crippen molar-refractivity contribution < 1.29 is 9.18 Å². The number of carbonyl (C=O) groups excluding carboxylic acids is 1. The summed E-state index contributed by atoms with van der Waals surface area (Å²) in [6.45, 7) is 0.678. The second-order valence-corrected chi connectivity index (χ2v) is 5.97. The van der Waals surface area contributed by atoms with E-state index in [4.69, 9.17) is 0 Å². The molecule has 0 radical (unpaired) electrons. The highest BCUT2D eigenvalue weighted by Gasteiger charge is 2.31. The zero-order valence-corrected chi connectivity index (χ0v) is 13.4. The second-order valence-electron chi connectivity index (χ2n) is 5.97. The first kappa shape index (κ1) is 15.5.